The molecule has 2 N–H and O–H groups in total. The van der Waals surface area contributed by atoms with Gasteiger partial charge in [0.15, 0.2) is 6.61 Å². The average molecular weight is 299 g/mol. The lowest BCUT2D eigenvalue weighted by Crippen LogP contribution is -2.40. The number of carbonyl (C=O) groups is 1. The minimum absolute atomic E-state index is 0.0252. The third-order valence-electron chi connectivity index (χ3n) is 4.15. The van der Waals surface area contributed by atoms with Crippen molar-refractivity contribution in [3.8, 4) is 5.75 Å². The van der Waals surface area contributed by atoms with Crippen molar-refractivity contribution in [2.24, 2.45) is 0 Å². The number of hydrogen-bond donors (Lipinski definition) is 2. The normalized spacial score (nSPS) is 21.5. The van der Waals surface area contributed by atoms with Crippen molar-refractivity contribution in [1.29, 1.82) is 0 Å². The van der Waals surface area contributed by atoms with E-state index in [2.05, 4.69) is 5.32 Å². The van der Waals surface area contributed by atoms with E-state index in [1.54, 1.807) is 0 Å². The third kappa shape index (κ3) is 3.77. The summed E-state index contributed by atoms with van der Waals surface area (Å²) in [7, 11) is 0. The highest BCUT2D eigenvalue weighted by Crippen LogP contribution is 2.21. The quantitative estimate of drug-likeness (QED) is 0.912. The van der Waals surface area contributed by atoms with Crippen LogP contribution in [0.1, 0.15) is 25.7 Å². The summed E-state index contributed by atoms with van der Waals surface area (Å²) in [6, 6.07) is 14.0. The highest BCUT2D eigenvalue weighted by atomic mass is 16.5. The molecule has 0 atom stereocenters. The molecule has 1 amide bonds. The van der Waals surface area contributed by atoms with Crippen LogP contribution in [-0.2, 0) is 4.79 Å². The van der Waals surface area contributed by atoms with E-state index in [4.69, 9.17) is 4.74 Å². The molecule has 2 aromatic rings. The zero-order valence-electron chi connectivity index (χ0n) is 12.5. The Labute approximate surface area is 130 Å². The zero-order valence-corrected chi connectivity index (χ0v) is 12.5. The monoisotopic (exact) mass is 299 g/mol. The number of benzene rings is 2. The van der Waals surface area contributed by atoms with Crippen LogP contribution in [0.5, 0.6) is 5.75 Å². The van der Waals surface area contributed by atoms with E-state index < -0.39 is 0 Å². The van der Waals surface area contributed by atoms with E-state index in [0.717, 1.165) is 36.5 Å². The molecule has 0 spiro atoms. The Kier molecular flexibility index (Phi) is 4.59. The van der Waals surface area contributed by atoms with Gasteiger partial charge < -0.3 is 15.2 Å². The fourth-order valence-corrected chi connectivity index (χ4v) is 2.90. The molecule has 0 unspecified atom stereocenters. The highest BCUT2D eigenvalue weighted by Gasteiger charge is 2.20. The van der Waals surface area contributed by atoms with Crippen molar-refractivity contribution in [2.75, 3.05) is 6.61 Å². The SMILES string of the molecule is O=C(COc1ccc2ccccc2c1)NC1CCC(O)CC1. The molecule has 0 aromatic heterocycles. The largest absolute Gasteiger partial charge is 0.484 e. The molecule has 0 heterocycles. The summed E-state index contributed by atoms with van der Waals surface area (Å²) in [5.41, 5.74) is 0. The van der Waals surface area contributed by atoms with Gasteiger partial charge in [0.1, 0.15) is 5.75 Å². The van der Waals surface area contributed by atoms with Crippen LogP contribution in [0.25, 0.3) is 10.8 Å². The van der Waals surface area contributed by atoms with E-state index in [1.807, 2.05) is 42.5 Å². The summed E-state index contributed by atoms with van der Waals surface area (Å²) >= 11 is 0. The van der Waals surface area contributed by atoms with E-state index >= 15 is 0 Å². The molecule has 3 rings (SSSR count). The fraction of sp³-hybridized carbons (Fsp3) is 0.389. The second-order valence-electron chi connectivity index (χ2n) is 5.87. The Morgan fingerprint density at radius 1 is 1.09 bits per heavy atom. The Bertz CT molecular complexity index is 648. The molecule has 1 saturated carbocycles. The molecule has 1 aliphatic rings. The summed E-state index contributed by atoms with van der Waals surface area (Å²) in [5, 5.41) is 14.7. The van der Waals surface area contributed by atoms with Crippen LogP contribution in [0.2, 0.25) is 0 Å². The molecular formula is C18H21NO3. The summed E-state index contributed by atoms with van der Waals surface area (Å²) in [5.74, 6) is 0.600. The smallest absolute Gasteiger partial charge is 0.258 e. The maximum Gasteiger partial charge on any atom is 0.258 e. The second-order valence-corrected chi connectivity index (χ2v) is 5.87. The first-order chi connectivity index (χ1) is 10.7. The first-order valence-corrected chi connectivity index (χ1v) is 7.80. The highest BCUT2D eigenvalue weighted by molar-refractivity contribution is 5.84. The number of rotatable bonds is 4. The fourth-order valence-electron chi connectivity index (χ4n) is 2.90. The molecule has 4 heteroatoms. The van der Waals surface area contributed by atoms with Gasteiger partial charge in [0, 0.05) is 6.04 Å². The summed E-state index contributed by atoms with van der Waals surface area (Å²) in [6.45, 7) is 0.0252. The first-order valence-electron chi connectivity index (χ1n) is 7.80. The number of fused-ring (bicyclic) bond motifs is 1. The molecule has 0 saturated heterocycles. The Morgan fingerprint density at radius 2 is 1.82 bits per heavy atom. The van der Waals surface area contributed by atoms with Gasteiger partial charge in [0.2, 0.25) is 0 Å². The zero-order chi connectivity index (χ0) is 15.4. The average Bonchev–Trinajstić information content (AvgIpc) is 2.55. The van der Waals surface area contributed by atoms with Crippen molar-refractivity contribution < 1.29 is 14.6 Å². The molecule has 116 valence electrons. The second kappa shape index (κ2) is 6.79. The van der Waals surface area contributed by atoms with Gasteiger partial charge in [-0.3, -0.25) is 4.79 Å². The number of amides is 1. The lowest BCUT2D eigenvalue weighted by Gasteiger charge is -2.26. The van der Waals surface area contributed by atoms with Gasteiger partial charge in [-0.05, 0) is 48.6 Å². The molecule has 2 aromatic carbocycles. The molecule has 0 radical (unpaired) electrons. The standard InChI is InChI=1S/C18H21NO3/c20-16-8-6-15(7-9-16)19-18(21)12-22-17-10-5-13-3-1-2-4-14(13)11-17/h1-5,10-11,15-16,20H,6-9,12H2,(H,19,21). The van der Waals surface area contributed by atoms with E-state index in [0.29, 0.717) is 5.75 Å². The van der Waals surface area contributed by atoms with Crippen LogP contribution in [0, 0.1) is 0 Å². The van der Waals surface area contributed by atoms with Crippen molar-refractivity contribution in [1.82, 2.24) is 5.32 Å². The number of carbonyl (C=O) groups excluding carboxylic acids is 1. The minimum Gasteiger partial charge on any atom is -0.484 e. The summed E-state index contributed by atoms with van der Waals surface area (Å²) in [6.07, 6.45) is 2.99. The Morgan fingerprint density at radius 3 is 2.59 bits per heavy atom. The van der Waals surface area contributed by atoms with Crippen LogP contribution >= 0.6 is 0 Å². The summed E-state index contributed by atoms with van der Waals surface area (Å²) < 4.78 is 5.58. The van der Waals surface area contributed by atoms with Gasteiger partial charge in [-0.25, -0.2) is 0 Å². The van der Waals surface area contributed by atoms with E-state index in [-0.39, 0.29) is 24.7 Å². The van der Waals surface area contributed by atoms with E-state index in [9.17, 15) is 9.90 Å². The molecule has 0 aliphatic heterocycles. The number of hydrogen-bond acceptors (Lipinski definition) is 3. The maximum atomic E-state index is 11.9. The van der Waals surface area contributed by atoms with Gasteiger partial charge in [-0.15, -0.1) is 0 Å². The molecule has 1 fully saturated rings. The van der Waals surface area contributed by atoms with Crippen LogP contribution < -0.4 is 10.1 Å². The lowest BCUT2D eigenvalue weighted by molar-refractivity contribution is -0.124. The van der Waals surface area contributed by atoms with Gasteiger partial charge in [-0.2, -0.15) is 0 Å². The first kappa shape index (κ1) is 14.9. The van der Waals surface area contributed by atoms with Crippen LogP contribution in [0.4, 0.5) is 0 Å². The van der Waals surface area contributed by atoms with Gasteiger partial charge in [0.05, 0.1) is 6.10 Å². The van der Waals surface area contributed by atoms with Gasteiger partial charge in [-0.1, -0.05) is 30.3 Å². The maximum absolute atomic E-state index is 11.9. The summed E-state index contributed by atoms with van der Waals surface area (Å²) in [4.78, 5) is 11.9. The predicted octanol–water partition coefficient (Wildman–Crippen LogP) is 2.64. The third-order valence-corrected chi connectivity index (χ3v) is 4.15. The van der Waals surface area contributed by atoms with Crippen molar-refractivity contribution >= 4 is 16.7 Å². The van der Waals surface area contributed by atoms with Gasteiger partial charge >= 0.3 is 0 Å². The van der Waals surface area contributed by atoms with Crippen LogP contribution in [0.3, 0.4) is 0 Å². The molecule has 0 bridgehead atoms. The topological polar surface area (TPSA) is 58.6 Å². The van der Waals surface area contributed by atoms with Gasteiger partial charge in [0.25, 0.3) is 5.91 Å². The number of aliphatic hydroxyl groups is 1. The van der Waals surface area contributed by atoms with Crippen LogP contribution in [0.15, 0.2) is 42.5 Å². The number of ether oxygens (including phenoxy) is 1. The Balaban J connectivity index is 1.51. The predicted molar refractivity (Wildman–Crippen MR) is 85.8 cm³/mol. The van der Waals surface area contributed by atoms with Crippen molar-refractivity contribution in [2.45, 2.75) is 37.8 Å². The van der Waals surface area contributed by atoms with Crippen molar-refractivity contribution in [3.63, 3.8) is 0 Å². The molecular weight excluding hydrogens is 278 g/mol. The lowest BCUT2D eigenvalue weighted by atomic mass is 9.93. The van der Waals surface area contributed by atoms with Crippen LogP contribution in [-0.4, -0.2) is 29.8 Å². The number of aliphatic hydroxyl groups excluding tert-OH is 1. The molecule has 1 aliphatic carbocycles. The minimum atomic E-state index is -0.206. The number of nitrogens with one attached hydrogen (secondary N) is 1. The van der Waals surface area contributed by atoms with E-state index in [1.165, 1.54) is 0 Å². The molecule has 22 heavy (non-hydrogen) atoms. The Hall–Kier alpha value is -2.07. The van der Waals surface area contributed by atoms with Crippen molar-refractivity contribution in [3.05, 3.63) is 42.5 Å². The molecule has 4 nitrogen and oxygen atoms in total.